The van der Waals surface area contributed by atoms with E-state index in [0.717, 1.165) is 11.5 Å². The molecule has 1 aromatic carbocycles. The summed E-state index contributed by atoms with van der Waals surface area (Å²) in [5.41, 5.74) is 1.23. The van der Waals surface area contributed by atoms with Crippen LogP contribution in [-0.2, 0) is 4.79 Å². The van der Waals surface area contributed by atoms with Crippen molar-refractivity contribution in [2.75, 3.05) is 16.4 Å². The lowest BCUT2D eigenvalue weighted by Crippen LogP contribution is -2.13. The van der Waals surface area contributed by atoms with Gasteiger partial charge in [-0.2, -0.15) is 0 Å². The van der Waals surface area contributed by atoms with E-state index >= 15 is 0 Å². The fourth-order valence-corrected chi connectivity index (χ4v) is 3.99. The number of anilines is 2. The summed E-state index contributed by atoms with van der Waals surface area (Å²) < 4.78 is 4.29. The quantitative estimate of drug-likeness (QED) is 0.459. The highest BCUT2D eigenvalue weighted by atomic mass is 35.5. The van der Waals surface area contributed by atoms with Crippen molar-refractivity contribution in [3.05, 3.63) is 39.9 Å². The molecule has 0 aliphatic rings. The summed E-state index contributed by atoms with van der Waals surface area (Å²) in [6, 6.07) is 6.84. The molecule has 8 nitrogen and oxygen atoms in total. The molecular weight excluding hydrogens is 416 g/mol. The average Bonchev–Trinajstić information content (AvgIpc) is 3.24. The van der Waals surface area contributed by atoms with Gasteiger partial charge in [-0.3, -0.25) is 14.9 Å². The number of halogens is 1. The molecule has 0 fully saturated rings. The van der Waals surface area contributed by atoms with Gasteiger partial charge in [-0.25, -0.2) is 0 Å². The lowest BCUT2D eigenvalue weighted by atomic mass is 10.3. The lowest BCUT2D eigenvalue weighted by Gasteiger charge is -2.03. The number of aromatic nitrogens is 4. The Kier molecular flexibility index (Phi) is 6.14. The number of nitrogens with zero attached hydrogens (tertiary/aromatic N) is 4. The zero-order chi connectivity index (χ0) is 18.5. The molecule has 0 atom stereocenters. The standard InChI is InChI=1S/C14H11ClN6O2S3/c1-7-11(26-21-18-7)12(23)17-13-19-20-14(25-13)24-6-10(22)16-9-4-2-8(15)3-5-9/h2-5H,6H2,1H3,(H,16,22)(H,17,19,23). The predicted molar refractivity (Wildman–Crippen MR) is 103 cm³/mol. The second kappa shape index (κ2) is 8.54. The third kappa shape index (κ3) is 4.97. The van der Waals surface area contributed by atoms with Crippen LogP contribution in [-0.4, -0.2) is 37.4 Å². The first-order valence-corrected chi connectivity index (χ1v) is 10.1. The monoisotopic (exact) mass is 426 g/mol. The molecule has 12 heteroatoms. The highest BCUT2D eigenvalue weighted by Gasteiger charge is 2.16. The molecular formula is C14H11ClN6O2S3. The average molecular weight is 427 g/mol. The van der Waals surface area contributed by atoms with Crippen molar-refractivity contribution < 1.29 is 9.59 Å². The summed E-state index contributed by atoms with van der Waals surface area (Å²) in [6.45, 7) is 1.71. The molecule has 3 rings (SSSR count). The Labute approximate surface area is 165 Å². The van der Waals surface area contributed by atoms with Crippen LogP contribution in [0.4, 0.5) is 10.8 Å². The Morgan fingerprint density at radius 3 is 2.62 bits per heavy atom. The van der Waals surface area contributed by atoms with Crippen molar-refractivity contribution in [3.63, 3.8) is 0 Å². The Bertz CT molecular complexity index is 927. The number of aryl methyl sites for hydroxylation is 1. The molecule has 2 amide bonds. The summed E-state index contributed by atoms with van der Waals surface area (Å²) in [6.07, 6.45) is 0. The van der Waals surface area contributed by atoms with Gasteiger partial charge >= 0.3 is 0 Å². The van der Waals surface area contributed by atoms with E-state index in [4.69, 9.17) is 11.6 Å². The highest BCUT2D eigenvalue weighted by molar-refractivity contribution is 8.01. The SMILES string of the molecule is Cc1nnsc1C(=O)Nc1nnc(SCC(=O)Nc2ccc(Cl)cc2)s1. The van der Waals surface area contributed by atoms with Crippen molar-refractivity contribution in [2.24, 2.45) is 0 Å². The molecule has 0 aliphatic carbocycles. The minimum Gasteiger partial charge on any atom is -0.325 e. The van der Waals surface area contributed by atoms with Crippen LogP contribution >= 0.6 is 46.2 Å². The summed E-state index contributed by atoms with van der Waals surface area (Å²) in [7, 11) is 0. The first kappa shape index (κ1) is 18.7. The summed E-state index contributed by atoms with van der Waals surface area (Å²) >= 11 is 9.24. The molecule has 0 unspecified atom stereocenters. The zero-order valence-electron chi connectivity index (χ0n) is 13.2. The van der Waals surface area contributed by atoms with Gasteiger partial charge in [0.2, 0.25) is 11.0 Å². The van der Waals surface area contributed by atoms with E-state index in [-0.39, 0.29) is 17.6 Å². The van der Waals surface area contributed by atoms with E-state index in [1.54, 1.807) is 31.2 Å². The fourth-order valence-electron chi connectivity index (χ4n) is 1.77. The third-order valence-corrected chi connectivity index (χ3v) is 5.99. The number of amides is 2. The normalized spacial score (nSPS) is 10.5. The Morgan fingerprint density at radius 2 is 1.92 bits per heavy atom. The number of nitrogens with one attached hydrogen (secondary N) is 2. The summed E-state index contributed by atoms with van der Waals surface area (Å²) in [4.78, 5) is 24.5. The largest absolute Gasteiger partial charge is 0.325 e. The molecule has 26 heavy (non-hydrogen) atoms. The van der Waals surface area contributed by atoms with Gasteiger partial charge in [-0.1, -0.05) is 39.2 Å². The van der Waals surface area contributed by atoms with Crippen LogP contribution in [0.3, 0.4) is 0 Å². The van der Waals surface area contributed by atoms with Crippen molar-refractivity contribution in [1.82, 2.24) is 19.8 Å². The number of carbonyl (C=O) groups is 2. The number of benzene rings is 1. The summed E-state index contributed by atoms with van der Waals surface area (Å²) in [5.74, 6) is -0.335. The third-order valence-electron chi connectivity index (χ3n) is 2.94. The van der Waals surface area contributed by atoms with E-state index in [1.165, 1.54) is 23.1 Å². The summed E-state index contributed by atoms with van der Waals surface area (Å²) in [5, 5.41) is 18.0. The molecule has 3 aromatic rings. The van der Waals surface area contributed by atoms with Crippen LogP contribution in [0.2, 0.25) is 5.02 Å². The molecule has 0 radical (unpaired) electrons. The first-order chi connectivity index (χ1) is 12.5. The minimum atomic E-state index is -0.328. The number of thioether (sulfide) groups is 1. The van der Waals surface area contributed by atoms with Crippen LogP contribution in [0.5, 0.6) is 0 Å². The number of rotatable bonds is 6. The maximum atomic E-state index is 12.1. The van der Waals surface area contributed by atoms with Crippen molar-refractivity contribution in [1.29, 1.82) is 0 Å². The molecule has 134 valence electrons. The van der Waals surface area contributed by atoms with Crippen LogP contribution in [0.1, 0.15) is 15.4 Å². The molecule has 0 bridgehead atoms. The molecule has 2 aromatic heterocycles. The Hall–Kier alpha value is -2.08. The van der Waals surface area contributed by atoms with Crippen LogP contribution in [0.15, 0.2) is 28.6 Å². The first-order valence-electron chi connectivity index (χ1n) is 7.13. The maximum absolute atomic E-state index is 12.1. The highest BCUT2D eigenvalue weighted by Crippen LogP contribution is 2.26. The topological polar surface area (TPSA) is 110 Å². The minimum absolute atomic E-state index is 0.170. The number of hydrogen-bond donors (Lipinski definition) is 2. The fraction of sp³-hybridized carbons (Fsp3) is 0.143. The van der Waals surface area contributed by atoms with Crippen LogP contribution < -0.4 is 10.6 Å². The molecule has 0 spiro atoms. The number of hydrogen-bond acceptors (Lipinski definition) is 9. The van der Waals surface area contributed by atoms with Crippen LogP contribution in [0.25, 0.3) is 0 Å². The van der Waals surface area contributed by atoms with Crippen LogP contribution in [0, 0.1) is 6.92 Å². The molecule has 0 saturated carbocycles. The van der Waals surface area contributed by atoms with Gasteiger partial charge in [0.05, 0.1) is 11.4 Å². The van der Waals surface area contributed by atoms with Gasteiger partial charge < -0.3 is 5.32 Å². The van der Waals surface area contributed by atoms with Gasteiger partial charge in [0.1, 0.15) is 4.88 Å². The van der Waals surface area contributed by atoms with Gasteiger partial charge in [-0.05, 0) is 42.7 Å². The molecule has 2 heterocycles. The van der Waals surface area contributed by atoms with Crippen molar-refractivity contribution >= 4 is 68.9 Å². The second-order valence-electron chi connectivity index (χ2n) is 4.86. The van der Waals surface area contributed by atoms with E-state index < -0.39 is 0 Å². The zero-order valence-corrected chi connectivity index (χ0v) is 16.4. The van der Waals surface area contributed by atoms with Gasteiger partial charge in [0.25, 0.3) is 5.91 Å². The van der Waals surface area contributed by atoms with Crippen molar-refractivity contribution in [2.45, 2.75) is 11.3 Å². The second-order valence-corrected chi connectivity index (χ2v) is 8.25. The molecule has 0 saturated heterocycles. The van der Waals surface area contributed by atoms with E-state index in [2.05, 4.69) is 30.4 Å². The van der Waals surface area contributed by atoms with E-state index in [1.807, 2.05) is 0 Å². The Morgan fingerprint density at radius 1 is 1.15 bits per heavy atom. The van der Waals surface area contributed by atoms with E-state index in [9.17, 15) is 9.59 Å². The van der Waals surface area contributed by atoms with Crippen molar-refractivity contribution in [3.8, 4) is 0 Å². The molecule has 2 N–H and O–H groups in total. The van der Waals surface area contributed by atoms with E-state index in [0.29, 0.717) is 30.8 Å². The predicted octanol–water partition coefficient (Wildman–Crippen LogP) is 3.33. The smallest absolute Gasteiger partial charge is 0.271 e. The lowest BCUT2D eigenvalue weighted by molar-refractivity contribution is -0.113. The molecule has 0 aliphatic heterocycles. The maximum Gasteiger partial charge on any atom is 0.271 e. The van der Waals surface area contributed by atoms with Gasteiger partial charge in [-0.15, -0.1) is 15.3 Å². The Balaban J connectivity index is 1.50. The van der Waals surface area contributed by atoms with Gasteiger partial charge in [0.15, 0.2) is 4.34 Å². The van der Waals surface area contributed by atoms with Gasteiger partial charge in [0, 0.05) is 10.7 Å². The number of carbonyl (C=O) groups excluding carboxylic acids is 2.